The summed E-state index contributed by atoms with van der Waals surface area (Å²) in [4.78, 5) is 15.7. The number of fused-ring (bicyclic) bond motifs is 1. The Morgan fingerprint density at radius 3 is 3.17 bits per heavy atom. The highest BCUT2D eigenvalue weighted by atomic mass is 32.1. The highest BCUT2D eigenvalue weighted by molar-refractivity contribution is 7.10. The summed E-state index contributed by atoms with van der Waals surface area (Å²) in [7, 11) is 0. The Balaban J connectivity index is 1.57. The largest absolute Gasteiger partial charge is 0.335 e. The van der Waals surface area contributed by atoms with Crippen LogP contribution in [-0.2, 0) is 11.2 Å². The molecule has 3 rings (SSSR count). The van der Waals surface area contributed by atoms with Crippen molar-refractivity contribution in [3.63, 3.8) is 0 Å². The first-order valence-electron chi connectivity index (χ1n) is 6.85. The third kappa shape index (κ3) is 2.45. The first-order chi connectivity index (χ1) is 8.75. The smallest absolute Gasteiger partial charge is 0.224 e. The molecule has 1 saturated carbocycles. The van der Waals surface area contributed by atoms with Crippen LogP contribution in [0, 0.1) is 0 Å². The van der Waals surface area contributed by atoms with Gasteiger partial charge in [-0.05, 0) is 43.2 Å². The SMILES string of the molecule is CC1c2ccsc2CCN1C(=O)CCNC1CC1. The van der Waals surface area contributed by atoms with Gasteiger partial charge in [-0.25, -0.2) is 0 Å². The van der Waals surface area contributed by atoms with Crippen LogP contribution in [0.4, 0.5) is 0 Å². The van der Waals surface area contributed by atoms with Gasteiger partial charge in [0.05, 0.1) is 6.04 Å². The van der Waals surface area contributed by atoms with Crippen LogP contribution in [0.5, 0.6) is 0 Å². The number of nitrogens with one attached hydrogen (secondary N) is 1. The lowest BCUT2D eigenvalue weighted by Gasteiger charge is -2.33. The van der Waals surface area contributed by atoms with Crippen LogP contribution in [0.1, 0.15) is 42.7 Å². The van der Waals surface area contributed by atoms with Crippen molar-refractivity contribution in [1.29, 1.82) is 0 Å². The summed E-state index contributed by atoms with van der Waals surface area (Å²) in [6.07, 6.45) is 4.23. The lowest BCUT2D eigenvalue weighted by atomic mass is 10.0. The Morgan fingerprint density at radius 2 is 2.39 bits per heavy atom. The van der Waals surface area contributed by atoms with Crippen LogP contribution < -0.4 is 5.32 Å². The van der Waals surface area contributed by atoms with Crippen molar-refractivity contribution in [3.05, 3.63) is 21.9 Å². The summed E-state index contributed by atoms with van der Waals surface area (Å²) in [6.45, 7) is 3.87. The molecule has 2 heterocycles. The average molecular weight is 264 g/mol. The highest BCUT2D eigenvalue weighted by Crippen LogP contribution is 2.33. The third-order valence-electron chi connectivity index (χ3n) is 3.95. The minimum absolute atomic E-state index is 0.258. The molecule has 3 nitrogen and oxygen atoms in total. The van der Waals surface area contributed by atoms with E-state index in [9.17, 15) is 4.79 Å². The summed E-state index contributed by atoms with van der Waals surface area (Å²) in [5.41, 5.74) is 1.36. The van der Waals surface area contributed by atoms with E-state index in [4.69, 9.17) is 0 Å². The van der Waals surface area contributed by atoms with Crippen LogP contribution in [0.2, 0.25) is 0 Å². The van der Waals surface area contributed by atoms with Gasteiger partial charge in [0.2, 0.25) is 5.91 Å². The zero-order valence-electron chi connectivity index (χ0n) is 10.8. The van der Waals surface area contributed by atoms with Gasteiger partial charge in [0.1, 0.15) is 0 Å². The van der Waals surface area contributed by atoms with Crippen molar-refractivity contribution in [3.8, 4) is 0 Å². The average Bonchev–Trinajstić information content (AvgIpc) is 3.05. The molecule has 1 aromatic rings. The van der Waals surface area contributed by atoms with E-state index in [2.05, 4.69) is 23.7 Å². The van der Waals surface area contributed by atoms with Crippen molar-refractivity contribution in [2.45, 2.75) is 44.7 Å². The van der Waals surface area contributed by atoms with Crippen molar-refractivity contribution >= 4 is 17.2 Å². The van der Waals surface area contributed by atoms with Gasteiger partial charge in [0.15, 0.2) is 0 Å². The number of carbonyl (C=O) groups is 1. The van der Waals surface area contributed by atoms with E-state index in [1.165, 1.54) is 23.3 Å². The molecule has 1 atom stereocenters. The maximum Gasteiger partial charge on any atom is 0.224 e. The van der Waals surface area contributed by atoms with E-state index in [1.807, 2.05) is 16.2 Å². The molecule has 18 heavy (non-hydrogen) atoms. The molecule has 1 aliphatic carbocycles. The van der Waals surface area contributed by atoms with Crippen molar-refractivity contribution < 1.29 is 4.79 Å². The Hall–Kier alpha value is -0.870. The highest BCUT2D eigenvalue weighted by Gasteiger charge is 2.28. The topological polar surface area (TPSA) is 32.3 Å². The van der Waals surface area contributed by atoms with Crippen molar-refractivity contribution in [2.24, 2.45) is 0 Å². The minimum atomic E-state index is 0.258. The zero-order valence-corrected chi connectivity index (χ0v) is 11.6. The molecule has 0 spiro atoms. The number of thiophene rings is 1. The summed E-state index contributed by atoms with van der Waals surface area (Å²) >= 11 is 1.82. The van der Waals surface area contributed by atoms with Crippen molar-refractivity contribution in [2.75, 3.05) is 13.1 Å². The summed E-state index contributed by atoms with van der Waals surface area (Å²) in [5, 5.41) is 5.55. The normalized spacial score (nSPS) is 22.9. The standard InChI is InChI=1S/C14H20N2OS/c1-10-12-6-9-18-13(12)5-8-16(10)14(17)4-7-15-11-2-3-11/h6,9-11,15H,2-5,7-8H2,1H3. The molecule has 1 unspecified atom stereocenters. The number of nitrogens with zero attached hydrogens (tertiary/aromatic N) is 1. The molecule has 1 aliphatic heterocycles. The molecule has 1 N–H and O–H groups in total. The predicted octanol–water partition coefficient (Wildman–Crippen LogP) is 2.34. The number of carbonyl (C=O) groups excluding carboxylic acids is 1. The van der Waals surface area contributed by atoms with E-state index in [0.29, 0.717) is 18.4 Å². The number of amides is 1. The molecule has 98 valence electrons. The van der Waals surface area contributed by atoms with Gasteiger partial charge < -0.3 is 10.2 Å². The molecule has 0 saturated heterocycles. The first-order valence-corrected chi connectivity index (χ1v) is 7.73. The predicted molar refractivity (Wildman–Crippen MR) is 73.8 cm³/mol. The molecule has 4 heteroatoms. The van der Waals surface area contributed by atoms with Gasteiger partial charge in [0.25, 0.3) is 0 Å². The molecule has 0 bridgehead atoms. The quantitative estimate of drug-likeness (QED) is 0.905. The fraction of sp³-hybridized carbons (Fsp3) is 0.643. The Labute approximate surface area is 112 Å². The van der Waals surface area contributed by atoms with Crippen LogP contribution >= 0.6 is 11.3 Å². The van der Waals surface area contributed by atoms with E-state index < -0.39 is 0 Å². The molecule has 2 aliphatic rings. The Bertz CT molecular complexity index is 439. The molecule has 0 aromatic carbocycles. The van der Waals surface area contributed by atoms with Crippen LogP contribution in [0.15, 0.2) is 11.4 Å². The maximum atomic E-state index is 12.2. The molecule has 1 aromatic heterocycles. The molecule has 0 radical (unpaired) electrons. The lowest BCUT2D eigenvalue weighted by Crippen LogP contribution is -2.39. The summed E-state index contributed by atoms with van der Waals surface area (Å²) in [6, 6.07) is 3.13. The monoisotopic (exact) mass is 264 g/mol. The fourth-order valence-electron chi connectivity index (χ4n) is 2.66. The summed E-state index contributed by atoms with van der Waals surface area (Å²) < 4.78 is 0. The van der Waals surface area contributed by atoms with Gasteiger partial charge >= 0.3 is 0 Å². The van der Waals surface area contributed by atoms with Crippen LogP contribution in [-0.4, -0.2) is 29.9 Å². The Morgan fingerprint density at radius 1 is 1.56 bits per heavy atom. The minimum Gasteiger partial charge on any atom is -0.335 e. The fourth-order valence-corrected chi connectivity index (χ4v) is 3.63. The van der Waals surface area contributed by atoms with Crippen LogP contribution in [0.3, 0.4) is 0 Å². The maximum absolute atomic E-state index is 12.2. The van der Waals surface area contributed by atoms with Gasteiger partial charge in [-0.15, -0.1) is 11.3 Å². The van der Waals surface area contributed by atoms with Gasteiger partial charge in [-0.3, -0.25) is 4.79 Å². The van der Waals surface area contributed by atoms with Crippen LogP contribution in [0.25, 0.3) is 0 Å². The first kappa shape index (κ1) is 12.2. The molecule has 1 amide bonds. The second-order valence-corrected chi connectivity index (χ2v) is 6.29. The Kier molecular flexibility index (Phi) is 3.39. The molecular formula is C14H20N2OS. The van der Waals surface area contributed by atoms with E-state index in [1.54, 1.807) is 0 Å². The van der Waals surface area contributed by atoms with Gasteiger partial charge in [-0.2, -0.15) is 0 Å². The second kappa shape index (κ2) is 5.02. The van der Waals surface area contributed by atoms with Gasteiger partial charge in [0, 0.05) is 30.4 Å². The molecule has 1 fully saturated rings. The van der Waals surface area contributed by atoms with Gasteiger partial charge in [-0.1, -0.05) is 0 Å². The lowest BCUT2D eigenvalue weighted by molar-refractivity contribution is -0.133. The molecular weight excluding hydrogens is 244 g/mol. The van der Waals surface area contributed by atoms with Crippen molar-refractivity contribution in [1.82, 2.24) is 10.2 Å². The zero-order chi connectivity index (χ0) is 12.5. The summed E-state index contributed by atoms with van der Waals surface area (Å²) in [5.74, 6) is 0.299. The van der Waals surface area contributed by atoms with E-state index in [-0.39, 0.29) is 6.04 Å². The second-order valence-electron chi connectivity index (χ2n) is 5.29. The number of rotatable bonds is 4. The third-order valence-corrected chi connectivity index (χ3v) is 4.94. The number of hydrogen-bond donors (Lipinski definition) is 1. The van der Waals surface area contributed by atoms with E-state index >= 15 is 0 Å². The number of hydrogen-bond acceptors (Lipinski definition) is 3. The van der Waals surface area contributed by atoms with E-state index in [0.717, 1.165) is 19.5 Å².